The number of nitrogen functional groups attached to an aromatic ring is 1. The molecular weight excluding hydrogens is 329 g/mol. The topological polar surface area (TPSA) is 58.3 Å². The third-order valence-electron chi connectivity index (χ3n) is 3.41. The number of rotatable bonds is 3. The number of anilines is 2. The number of hydrogen-bond donors (Lipinski definition) is 1. The SMILES string of the molecule is Nc1ncc(CN2CCN(c3ncc(Cl)cc3Cl)CC2)s1. The van der Waals surface area contributed by atoms with E-state index in [4.69, 9.17) is 28.9 Å². The number of nitrogens with zero attached hydrogens (tertiary/aromatic N) is 4. The van der Waals surface area contributed by atoms with Crippen LogP contribution in [0.15, 0.2) is 18.5 Å². The average molecular weight is 344 g/mol. The minimum atomic E-state index is 0.560. The molecule has 0 unspecified atom stereocenters. The smallest absolute Gasteiger partial charge is 0.180 e. The molecule has 1 aliphatic heterocycles. The zero-order valence-electron chi connectivity index (χ0n) is 11.3. The molecule has 8 heteroatoms. The van der Waals surface area contributed by atoms with Crippen LogP contribution >= 0.6 is 34.5 Å². The van der Waals surface area contributed by atoms with Crippen LogP contribution in [0, 0.1) is 0 Å². The van der Waals surface area contributed by atoms with Gasteiger partial charge in [0, 0.05) is 50.0 Å². The predicted octanol–water partition coefficient (Wildman–Crippen LogP) is 2.75. The second-order valence-electron chi connectivity index (χ2n) is 4.89. The summed E-state index contributed by atoms with van der Waals surface area (Å²) in [6.07, 6.45) is 3.49. The number of piperazine rings is 1. The van der Waals surface area contributed by atoms with Crippen LogP contribution in [-0.2, 0) is 6.54 Å². The molecular formula is C13H15Cl2N5S. The number of hydrogen-bond acceptors (Lipinski definition) is 6. The van der Waals surface area contributed by atoms with Gasteiger partial charge in [-0.15, -0.1) is 11.3 Å². The van der Waals surface area contributed by atoms with E-state index in [1.54, 1.807) is 23.6 Å². The van der Waals surface area contributed by atoms with Crippen molar-refractivity contribution in [2.45, 2.75) is 6.54 Å². The van der Waals surface area contributed by atoms with E-state index in [0.29, 0.717) is 15.2 Å². The molecule has 0 spiro atoms. The van der Waals surface area contributed by atoms with Gasteiger partial charge in [0.15, 0.2) is 5.13 Å². The van der Waals surface area contributed by atoms with Crippen molar-refractivity contribution in [3.05, 3.63) is 33.4 Å². The van der Waals surface area contributed by atoms with Crippen LogP contribution in [0.2, 0.25) is 10.0 Å². The van der Waals surface area contributed by atoms with Gasteiger partial charge in [0.05, 0.1) is 10.0 Å². The summed E-state index contributed by atoms with van der Waals surface area (Å²) in [4.78, 5) is 14.2. The number of thiazole rings is 1. The van der Waals surface area contributed by atoms with Crippen molar-refractivity contribution >= 4 is 45.5 Å². The second kappa shape index (κ2) is 6.36. The number of nitrogens with two attached hydrogens (primary N) is 1. The highest BCUT2D eigenvalue weighted by atomic mass is 35.5. The van der Waals surface area contributed by atoms with Crippen LogP contribution in [0.25, 0.3) is 0 Å². The molecule has 112 valence electrons. The number of aromatic nitrogens is 2. The van der Waals surface area contributed by atoms with Crippen molar-refractivity contribution in [1.82, 2.24) is 14.9 Å². The zero-order valence-corrected chi connectivity index (χ0v) is 13.6. The van der Waals surface area contributed by atoms with Crippen molar-refractivity contribution in [2.75, 3.05) is 36.8 Å². The fourth-order valence-electron chi connectivity index (χ4n) is 2.37. The standard InChI is InChI=1S/C13H15Cl2N5S/c14-9-5-11(15)12(17-6-9)20-3-1-19(2-4-20)8-10-7-18-13(16)21-10/h5-7H,1-4,8H2,(H2,16,18). The summed E-state index contributed by atoms with van der Waals surface area (Å²) in [5, 5.41) is 1.79. The molecule has 0 atom stereocenters. The summed E-state index contributed by atoms with van der Waals surface area (Å²) in [7, 11) is 0. The molecule has 0 aromatic carbocycles. The van der Waals surface area contributed by atoms with E-state index in [9.17, 15) is 0 Å². The summed E-state index contributed by atoms with van der Waals surface area (Å²) in [5.74, 6) is 0.808. The van der Waals surface area contributed by atoms with Gasteiger partial charge in [-0.05, 0) is 6.07 Å². The fourth-order valence-corrected chi connectivity index (χ4v) is 3.60. The Morgan fingerprint density at radius 3 is 2.52 bits per heavy atom. The highest BCUT2D eigenvalue weighted by molar-refractivity contribution is 7.15. The Labute approximate surface area is 137 Å². The van der Waals surface area contributed by atoms with Gasteiger partial charge in [0.2, 0.25) is 0 Å². The first-order valence-corrected chi connectivity index (χ1v) is 8.17. The van der Waals surface area contributed by atoms with E-state index in [0.717, 1.165) is 38.5 Å². The van der Waals surface area contributed by atoms with Gasteiger partial charge in [0.1, 0.15) is 5.82 Å². The Morgan fingerprint density at radius 2 is 1.90 bits per heavy atom. The van der Waals surface area contributed by atoms with Crippen molar-refractivity contribution in [2.24, 2.45) is 0 Å². The monoisotopic (exact) mass is 343 g/mol. The molecule has 1 saturated heterocycles. The lowest BCUT2D eigenvalue weighted by molar-refractivity contribution is 0.251. The van der Waals surface area contributed by atoms with Crippen LogP contribution in [0.5, 0.6) is 0 Å². The molecule has 5 nitrogen and oxygen atoms in total. The molecule has 2 aromatic rings. The lowest BCUT2D eigenvalue weighted by Crippen LogP contribution is -2.46. The van der Waals surface area contributed by atoms with Gasteiger partial charge in [-0.3, -0.25) is 4.90 Å². The van der Waals surface area contributed by atoms with E-state index in [-0.39, 0.29) is 0 Å². The van der Waals surface area contributed by atoms with E-state index in [2.05, 4.69) is 19.8 Å². The molecule has 2 aromatic heterocycles. The van der Waals surface area contributed by atoms with Crippen molar-refractivity contribution in [1.29, 1.82) is 0 Å². The maximum absolute atomic E-state index is 6.21. The molecule has 21 heavy (non-hydrogen) atoms. The zero-order chi connectivity index (χ0) is 14.8. The lowest BCUT2D eigenvalue weighted by Gasteiger charge is -2.35. The van der Waals surface area contributed by atoms with E-state index in [1.165, 1.54) is 4.88 Å². The van der Waals surface area contributed by atoms with Gasteiger partial charge in [-0.2, -0.15) is 0 Å². The van der Waals surface area contributed by atoms with Gasteiger partial charge in [-0.1, -0.05) is 23.2 Å². The van der Waals surface area contributed by atoms with Crippen molar-refractivity contribution in [3.63, 3.8) is 0 Å². The van der Waals surface area contributed by atoms with Crippen molar-refractivity contribution in [3.8, 4) is 0 Å². The maximum atomic E-state index is 6.21. The van der Waals surface area contributed by atoms with E-state index in [1.807, 2.05) is 6.20 Å². The molecule has 0 amide bonds. The molecule has 3 rings (SSSR count). The quantitative estimate of drug-likeness (QED) is 0.928. The summed E-state index contributed by atoms with van der Waals surface area (Å²) in [6, 6.07) is 1.73. The van der Waals surface area contributed by atoms with Gasteiger partial charge in [0.25, 0.3) is 0 Å². The van der Waals surface area contributed by atoms with Crippen LogP contribution in [0.1, 0.15) is 4.88 Å². The first-order valence-electron chi connectivity index (χ1n) is 6.60. The van der Waals surface area contributed by atoms with Gasteiger partial charge < -0.3 is 10.6 Å². The Morgan fingerprint density at radius 1 is 1.14 bits per heavy atom. The largest absolute Gasteiger partial charge is 0.375 e. The lowest BCUT2D eigenvalue weighted by atomic mass is 10.3. The second-order valence-corrected chi connectivity index (χ2v) is 6.88. The summed E-state index contributed by atoms with van der Waals surface area (Å²) in [5.41, 5.74) is 5.66. The minimum Gasteiger partial charge on any atom is -0.375 e. The molecule has 0 aliphatic carbocycles. The summed E-state index contributed by atoms with van der Waals surface area (Å²) < 4.78 is 0. The maximum Gasteiger partial charge on any atom is 0.180 e. The molecule has 1 aliphatic rings. The van der Waals surface area contributed by atoms with E-state index >= 15 is 0 Å². The van der Waals surface area contributed by atoms with Crippen LogP contribution in [0.3, 0.4) is 0 Å². The molecule has 0 radical (unpaired) electrons. The fraction of sp³-hybridized carbons (Fsp3) is 0.385. The van der Waals surface area contributed by atoms with Crippen LogP contribution in [-0.4, -0.2) is 41.0 Å². The third-order valence-corrected chi connectivity index (χ3v) is 4.71. The highest BCUT2D eigenvalue weighted by Crippen LogP contribution is 2.27. The Bertz CT molecular complexity index is 625. The van der Waals surface area contributed by atoms with Crippen LogP contribution in [0.4, 0.5) is 10.9 Å². The molecule has 0 bridgehead atoms. The Hall–Kier alpha value is -1.08. The van der Waals surface area contributed by atoms with Gasteiger partial charge in [-0.25, -0.2) is 9.97 Å². The molecule has 0 saturated carbocycles. The third kappa shape index (κ3) is 3.58. The first kappa shape index (κ1) is 14.8. The molecule has 1 fully saturated rings. The van der Waals surface area contributed by atoms with Crippen molar-refractivity contribution < 1.29 is 0 Å². The Kier molecular flexibility index (Phi) is 4.49. The number of pyridine rings is 1. The van der Waals surface area contributed by atoms with E-state index < -0.39 is 0 Å². The molecule has 3 heterocycles. The average Bonchev–Trinajstić information content (AvgIpc) is 2.85. The van der Waals surface area contributed by atoms with Crippen LogP contribution < -0.4 is 10.6 Å². The van der Waals surface area contributed by atoms with Gasteiger partial charge >= 0.3 is 0 Å². The summed E-state index contributed by atoms with van der Waals surface area (Å²) in [6.45, 7) is 4.59. The Balaban J connectivity index is 1.59. The normalized spacial score (nSPS) is 16.4. The minimum absolute atomic E-state index is 0.560. The highest BCUT2D eigenvalue weighted by Gasteiger charge is 2.20. The predicted molar refractivity (Wildman–Crippen MR) is 88.3 cm³/mol. The number of halogens is 2. The first-order chi connectivity index (χ1) is 10.1. The summed E-state index contributed by atoms with van der Waals surface area (Å²) >= 11 is 13.6. The molecule has 2 N–H and O–H groups in total.